The van der Waals surface area contributed by atoms with Gasteiger partial charge < -0.3 is 0 Å². The summed E-state index contributed by atoms with van der Waals surface area (Å²) in [4.78, 5) is 0. The fourth-order valence-corrected chi connectivity index (χ4v) is 1.17. The third-order valence-corrected chi connectivity index (χ3v) is 1.64. The lowest BCUT2D eigenvalue weighted by Crippen LogP contribution is -1.77. The molecule has 0 bridgehead atoms. The summed E-state index contributed by atoms with van der Waals surface area (Å²) in [6.07, 6.45) is 0. The SMILES string of the molecule is N=NCc1cccc(Br)c1. The third-order valence-electron chi connectivity index (χ3n) is 1.15. The Bertz CT molecular complexity index is 235. The molecule has 1 N–H and O–H groups in total. The van der Waals surface area contributed by atoms with Crippen molar-refractivity contribution in [1.29, 1.82) is 5.53 Å². The van der Waals surface area contributed by atoms with E-state index in [9.17, 15) is 0 Å². The van der Waals surface area contributed by atoms with Gasteiger partial charge in [-0.2, -0.15) is 5.11 Å². The molecule has 0 saturated carbocycles. The van der Waals surface area contributed by atoms with Gasteiger partial charge in [-0.1, -0.05) is 28.1 Å². The second kappa shape index (κ2) is 3.46. The van der Waals surface area contributed by atoms with Crippen LogP contribution >= 0.6 is 15.9 Å². The molecule has 0 aliphatic heterocycles. The van der Waals surface area contributed by atoms with Crippen molar-refractivity contribution in [3.63, 3.8) is 0 Å². The summed E-state index contributed by atoms with van der Waals surface area (Å²) >= 11 is 3.33. The van der Waals surface area contributed by atoms with E-state index in [1.165, 1.54) is 0 Å². The predicted molar refractivity (Wildman–Crippen MR) is 43.0 cm³/mol. The third kappa shape index (κ3) is 1.92. The van der Waals surface area contributed by atoms with Crippen LogP contribution in [-0.4, -0.2) is 0 Å². The molecule has 0 aliphatic rings. The molecule has 0 saturated heterocycles. The molecule has 0 atom stereocenters. The normalized spacial score (nSPS) is 9.30. The largest absolute Gasteiger partial charge is 0.210 e. The van der Waals surface area contributed by atoms with Crippen LogP contribution < -0.4 is 0 Å². The minimum atomic E-state index is 0.472. The van der Waals surface area contributed by atoms with Crippen LogP contribution in [-0.2, 0) is 6.54 Å². The van der Waals surface area contributed by atoms with Gasteiger partial charge in [0.2, 0.25) is 0 Å². The maximum atomic E-state index is 6.62. The number of benzene rings is 1. The zero-order chi connectivity index (χ0) is 7.40. The van der Waals surface area contributed by atoms with Crippen LogP contribution in [0.2, 0.25) is 0 Å². The zero-order valence-electron chi connectivity index (χ0n) is 5.34. The number of nitrogens with one attached hydrogen (secondary N) is 1. The molecule has 1 rings (SSSR count). The first kappa shape index (κ1) is 7.41. The number of halogens is 1. The minimum Gasteiger partial charge on any atom is -0.210 e. The fourth-order valence-electron chi connectivity index (χ4n) is 0.727. The van der Waals surface area contributed by atoms with Crippen LogP contribution in [0.5, 0.6) is 0 Å². The van der Waals surface area contributed by atoms with E-state index < -0.39 is 0 Å². The summed E-state index contributed by atoms with van der Waals surface area (Å²) in [7, 11) is 0. The Morgan fingerprint density at radius 1 is 1.50 bits per heavy atom. The Morgan fingerprint density at radius 3 is 2.90 bits per heavy atom. The summed E-state index contributed by atoms with van der Waals surface area (Å²) in [6, 6.07) is 7.79. The molecule has 0 heterocycles. The molecule has 1 aromatic rings. The van der Waals surface area contributed by atoms with Gasteiger partial charge in [0.25, 0.3) is 0 Å². The van der Waals surface area contributed by atoms with Gasteiger partial charge in [0.1, 0.15) is 0 Å². The van der Waals surface area contributed by atoms with Crippen molar-refractivity contribution in [2.75, 3.05) is 0 Å². The van der Waals surface area contributed by atoms with E-state index in [1.54, 1.807) is 0 Å². The average Bonchev–Trinajstić information content (AvgIpc) is 1.88. The summed E-state index contributed by atoms with van der Waals surface area (Å²) in [5.41, 5.74) is 7.68. The first-order chi connectivity index (χ1) is 4.83. The van der Waals surface area contributed by atoms with Gasteiger partial charge in [0, 0.05) is 4.47 Å². The van der Waals surface area contributed by atoms with E-state index in [-0.39, 0.29) is 0 Å². The molecule has 0 spiro atoms. The molecular formula is C7H7BrN2. The van der Waals surface area contributed by atoms with Crippen molar-refractivity contribution in [3.8, 4) is 0 Å². The van der Waals surface area contributed by atoms with Gasteiger partial charge in [-0.25, -0.2) is 5.53 Å². The lowest BCUT2D eigenvalue weighted by atomic mass is 10.2. The number of rotatable bonds is 2. The van der Waals surface area contributed by atoms with Crippen molar-refractivity contribution in [2.45, 2.75) is 6.54 Å². The Morgan fingerprint density at radius 2 is 2.30 bits per heavy atom. The second-order valence-corrected chi connectivity index (χ2v) is 2.86. The lowest BCUT2D eigenvalue weighted by molar-refractivity contribution is 0.907. The van der Waals surface area contributed by atoms with Gasteiger partial charge in [-0.3, -0.25) is 0 Å². The van der Waals surface area contributed by atoms with Gasteiger partial charge in [0.05, 0.1) is 6.54 Å². The number of hydrogen-bond acceptors (Lipinski definition) is 2. The smallest absolute Gasteiger partial charge is 0.0847 e. The average molecular weight is 199 g/mol. The molecule has 0 fully saturated rings. The van der Waals surface area contributed by atoms with E-state index in [4.69, 9.17) is 5.53 Å². The minimum absolute atomic E-state index is 0.472. The van der Waals surface area contributed by atoms with Crippen LogP contribution in [0.25, 0.3) is 0 Å². The monoisotopic (exact) mass is 198 g/mol. The Balaban J connectivity index is 2.84. The molecule has 0 radical (unpaired) electrons. The second-order valence-electron chi connectivity index (χ2n) is 1.95. The highest BCUT2D eigenvalue weighted by Gasteiger charge is 1.89. The van der Waals surface area contributed by atoms with E-state index >= 15 is 0 Å². The molecule has 2 nitrogen and oxygen atoms in total. The Hall–Kier alpha value is -0.700. The van der Waals surface area contributed by atoms with Crippen LogP contribution in [0.1, 0.15) is 5.56 Å². The van der Waals surface area contributed by atoms with Crippen LogP contribution in [0.3, 0.4) is 0 Å². The van der Waals surface area contributed by atoms with Gasteiger partial charge in [-0.15, -0.1) is 0 Å². The molecule has 1 aromatic carbocycles. The highest BCUT2D eigenvalue weighted by Crippen LogP contribution is 2.11. The first-order valence-corrected chi connectivity index (χ1v) is 3.70. The number of nitrogens with zero attached hydrogens (tertiary/aromatic N) is 1. The summed E-state index contributed by atoms with van der Waals surface area (Å²) in [6.45, 7) is 0.472. The van der Waals surface area contributed by atoms with Crippen molar-refractivity contribution < 1.29 is 0 Å². The van der Waals surface area contributed by atoms with E-state index in [0.717, 1.165) is 10.0 Å². The lowest BCUT2D eigenvalue weighted by Gasteiger charge is -1.93. The molecule has 52 valence electrons. The summed E-state index contributed by atoms with van der Waals surface area (Å²) < 4.78 is 1.04. The molecule has 10 heavy (non-hydrogen) atoms. The fraction of sp³-hybridized carbons (Fsp3) is 0.143. The van der Waals surface area contributed by atoms with E-state index in [1.807, 2.05) is 24.3 Å². The molecule has 0 aromatic heterocycles. The van der Waals surface area contributed by atoms with Gasteiger partial charge >= 0.3 is 0 Å². The maximum Gasteiger partial charge on any atom is 0.0847 e. The van der Waals surface area contributed by atoms with Crippen LogP contribution in [0.4, 0.5) is 0 Å². The highest BCUT2D eigenvalue weighted by atomic mass is 79.9. The first-order valence-electron chi connectivity index (χ1n) is 2.90. The quantitative estimate of drug-likeness (QED) is 0.710. The van der Waals surface area contributed by atoms with Crippen molar-refractivity contribution in [3.05, 3.63) is 34.3 Å². The predicted octanol–water partition coefficient (Wildman–Crippen LogP) is 2.98. The van der Waals surface area contributed by atoms with Crippen molar-refractivity contribution in [1.82, 2.24) is 0 Å². The molecule has 0 amide bonds. The molecule has 0 unspecified atom stereocenters. The topological polar surface area (TPSA) is 36.2 Å². The zero-order valence-corrected chi connectivity index (χ0v) is 6.93. The van der Waals surface area contributed by atoms with E-state index in [2.05, 4.69) is 21.0 Å². The summed E-state index contributed by atoms with van der Waals surface area (Å²) in [5, 5.41) is 3.28. The maximum absolute atomic E-state index is 6.62. The van der Waals surface area contributed by atoms with Crippen molar-refractivity contribution >= 4 is 15.9 Å². The standard InChI is InChI=1S/C7H7BrN2/c8-7-3-1-2-6(4-7)5-10-9/h1-4,9H,5H2. The summed E-state index contributed by atoms with van der Waals surface area (Å²) in [5.74, 6) is 0. The van der Waals surface area contributed by atoms with Gasteiger partial charge in [0.15, 0.2) is 0 Å². The van der Waals surface area contributed by atoms with Gasteiger partial charge in [-0.05, 0) is 17.7 Å². The molecular weight excluding hydrogens is 192 g/mol. The van der Waals surface area contributed by atoms with Crippen molar-refractivity contribution in [2.24, 2.45) is 5.11 Å². The van der Waals surface area contributed by atoms with Crippen LogP contribution in [0, 0.1) is 5.53 Å². The molecule has 0 aliphatic carbocycles. The van der Waals surface area contributed by atoms with Crippen LogP contribution in [0.15, 0.2) is 33.9 Å². The van der Waals surface area contributed by atoms with E-state index in [0.29, 0.717) is 6.54 Å². The number of hydrogen-bond donors (Lipinski definition) is 1. The highest BCUT2D eigenvalue weighted by molar-refractivity contribution is 9.10. The Kier molecular flexibility index (Phi) is 2.57. The molecule has 3 heteroatoms. The Labute approximate surface area is 67.9 Å².